The molecular weight excluding hydrogens is 256 g/mol. The first-order chi connectivity index (χ1) is 9.47. The van der Waals surface area contributed by atoms with Gasteiger partial charge >= 0.3 is 5.97 Å². The third-order valence-electron chi connectivity index (χ3n) is 2.74. The van der Waals surface area contributed by atoms with Gasteiger partial charge in [-0.1, -0.05) is 20.8 Å². The van der Waals surface area contributed by atoms with Crippen LogP contribution in [0.4, 0.5) is 11.6 Å². The molecule has 6 heteroatoms. The Labute approximate surface area is 120 Å². The molecule has 1 atom stereocenters. The number of nitrogens with one attached hydrogen (secondary N) is 2. The average molecular weight is 280 g/mol. The minimum Gasteiger partial charge on any atom is -0.467 e. The van der Waals surface area contributed by atoms with Crippen molar-refractivity contribution in [1.82, 2.24) is 9.97 Å². The Morgan fingerprint density at radius 1 is 1.30 bits per heavy atom. The Bertz CT molecular complexity index is 449. The fourth-order valence-corrected chi connectivity index (χ4v) is 1.60. The van der Waals surface area contributed by atoms with E-state index in [0.717, 1.165) is 24.6 Å². The molecule has 1 unspecified atom stereocenters. The predicted octanol–water partition coefficient (Wildman–Crippen LogP) is 2.40. The lowest BCUT2D eigenvalue weighted by Gasteiger charge is -2.15. The number of carbonyl (C=O) groups is 1. The maximum absolute atomic E-state index is 11.4. The van der Waals surface area contributed by atoms with E-state index in [4.69, 9.17) is 4.74 Å². The van der Waals surface area contributed by atoms with Gasteiger partial charge in [0.2, 0.25) is 0 Å². The lowest BCUT2D eigenvalue weighted by atomic mass is 10.2. The highest BCUT2D eigenvalue weighted by Crippen LogP contribution is 2.17. The van der Waals surface area contributed by atoms with Crippen molar-refractivity contribution >= 4 is 17.6 Å². The van der Waals surface area contributed by atoms with Crippen LogP contribution in [0, 0.1) is 0 Å². The van der Waals surface area contributed by atoms with Crippen LogP contribution in [0.15, 0.2) is 6.07 Å². The standard InChI is InChI=1S/C14H24N4O2/c1-6-7-15-11-8-12(16-10(4)14(19)20-5)18-13(17-11)9(2)3/h8-10H,6-7H2,1-5H3,(H2,15,16,17,18). The molecule has 1 rings (SSSR count). The molecule has 0 amide bonds. The van der Waals surface area contributed by atoms with Crippen LogP contribution in [-0.2, 0) is 9.53 Å². The van der Waals surface area contributed by atoms with Crippen LogP contribution in [0.3, 0.4) is 0 Å². The summed E-state index contributed by atoms with van der Waals surface area (Å²) in [5.74, 6) is 2.03. The summed E-state index contributed by atoms with van der Waals surface area (Å²) >= 11 is 0. The molecule has 1 heterocycles. The zero-order valence-corrected chi connectivity index (χ0v) is 12.9. The maximum Gasteiger partial charge on any atom is 0.328 e. The Balaban J connectivity index is 2.93. The van der Waals surface area contributed by atoms with Gasteiger partial charge in [0.05, 0.1) is 7.11 Å². The number of hydrogen-bond donors (Lipinski definition) is 2. The van der Waals surface area contributed by atoms with Crippen molar-refractivity contribution in [2.24, 2.45) is 0 Å². The number of carbonyl (C=O) groups excluding carboxylic acids is 1. The first-order valence-corrected chi connectivity index (χ1v) is 6.95. The highest BCUT2D eigenvalue weighted by atomic mass is 16.5. The van der Waals surface area contributed by atoms with E-state index in [1.165, 1.54) is 7.11 Å². The van der Waals surface area contributed by atoms with Gasteiger partial charge in [-0.25, -0.2) is 14.8 Å². The Hall–Kier alpha value is -1.85. The van der Waals surface area contributed by atoms with Crippen LogP contribution in [-0.4, -0.2) is 35.6 Å². The van der Waals surface area contributed by atoms with Crippen molar-refractivity contribution in [2.75, 3.05) is 24.3 Å². The number of anilines is 2. The second-order valence-electron chi connectivity index (χ2n) is 4.97. The molecule has 20 heavy (non-hydrogen) atoms. The molecule has 112 valence electrons. The van der Waals surface area contributed by atoms with Gasteiger partial charge < -0.3 is 15.4 Å². The van der Waals surface area contributed by atoms with E-state index in [9.17, 15) is 4.79 Å². The van der Waals surface area contributed by atoms with Crippen LogP contribution in [0.25, 0.3) is 0 Å². The van der Waals surface area contributed by atoms with Crippen LogP contribution in [0.5, 0.6) is 0 Å². The van der Waals surface area contributed by atoms with Gasteiger partial charge in [-0.15, -0.1) is 0 Å². The molecule has 0 aromatic carbocycles. The minimum atomic E-state index is -0.450. The van der Waals surface area contributed by atoms with Crippen molar-refractivity contribution in [1.29, 1.82) is 0 Å². The number of nitrogens with zero attached hydrogens (tertiary/aromatic N) is 2. The van der Waals surface area contributed by atoms with Crippen LogP contribution >= 0.6 is 0 Å². The smallest absolute Gasteiger partial charge is 0.328 e. The topological polar surface area (TPSA) is 76.1 Å². The van der Waals surface area contributed by atoms with Gasteiger partial charge in [-0.05, 0) is 13.3 Å². The first-order valence-electron chi connectivity index (χ1n) is 6.95. The summed E-state index contributed by atoms with van der Waals surface area (Å²) in [5.41, 5.74) is 0. The Morgan fingerprint density at radius 2 is 1.95 bits per heavy atom. The third-order valence-corrected chi connectivity index (χ3v) is 2.74. The molecule has 6 nitrogen and oxygen atoms in total. The molecule has 0 aliphatic heterocycles. The van der Waals surface area contributed by atoms with Crippen LogP contribution < -0.4 is 10.6 Å². The van der Waals surface area contributed by atoms with Gasteiger partial charge in [-0.2, -0.15) is 0 Å². The number of esters is 1. The van der Waals surface area contributed by atoms with Crippen molar-refractivity contribution < 1.29 is 9.53 Å². The molecule has 0 bridgehead atoms. The molecule has 0 fully saturated rings. The summed E-state index contributed by atoms with van der Waals surface area (Å²) in [4.78, 5) is 20.3. The lowest BCUT2D eigenvalue weighted by Crippen LogP contribution is -2.28. The molecule has 0 saturated heterocycles. The summed E-state index contributed by atoms with van der Waals surface area (Å²) < 4.78 is 4.70. The zero-order chi connectivity index (χ0) is 15.1. The van der Waals surface area contributed by atoms with Gasteiger partial charge in [0.1, 0.15) is 23.5 Å². The number of methoxy groups -OCH3 is 1. The molecule has 1 aromatic rings. The molecule has 0 spiro atoms. The molecule has 1 aromatic heterocycles. The molecule has 2 N–H and O–H groups in total. The predicted molar refractivity (Wildman–Crippen MR) is 80.0 cm³/mol. The first kappa shape index (κ1) is 16.2. The summed E-state index contributed by atoms with van der Waals surface area (Å²) in [5, 5.41) is 6.28. The fraction of sp³-hybridized carbons (Fsp3) is 0.643. The van der Waals surface area contributed by atoms with E-state index in [0.29, 0.717) is 5.82 Å². The highest BCUT2D eigenvalue weighted by molar-refractivity contribution is 5.78. The Kier molecular flexibility index (Phi) is 6.21. The second kappa shape index (κ2) is 7.67. The maximum atomic E-state index is 11.4. The number of rotatable bonds is 7. The summed E-state index contributed by atoms with van der Waals surface area (Å²) in [7, 11) is 1.37. The van der Waals surface area contributed by atoms with Crippen molar-refractivity contribution in [3.8, 4) is 0 Å². The van der Waals surface area contributed by atoms with E-state index in [1.54, 1.807) is 13.0 Å². The van der Waals surface area contributed by atoms with Gasteiger partial charge in [0.25, 0.3) is 0 Å². The van der Waals surface area contributed by atoms with E-state index < -0.39 is 6.04 Å². The van der Waals surface area contributed by atoms with Crippen molar-refractivity contribution in [3.63, 3.8) is 0 Å². The largest absolute Gasteiger partial charge is 0.467 e. The molecule has 0 radical (unpaired) electrons. The van der Waals surface area contributed by atoms with Crippen LogP contribution in [0.2, 0.25) is 0 Å². The lowest BCUT2D eigenvalue weighted by molar-refractivity contribution is -0.141. The zero-order valence-electron chi connectivity index (χ0n) is 12.9. The molecule has 0 saturated carbocycles. The van der Waals surface area contributed by atoms with E-state index >= 15 is 0 Å². The number of hydrogen-bond acceptors (Lipinski definition) is 6. The monoisotopic (exact) mass is 280 g/mol. The van der Waals surface area contributed by atoms with E-state index in [2.05, 4.69) is 27.5 Å². The quantitative estimate of drug-likeness (QED) is 0.747. The third kappa shape index (κ3) is 4.68. The summed E-state index contributed by atoms with van der Waals surface area (Å²) in [6.07, 6.45) is 1.02. The van der Waals surface area contributed by atoms with Gasteiger partial charge in [0.15, 0.2) is 0 Å². The molecule has 0 aliphatic rings. The Morgan fingerprint density at radius 3 is 2.50 bits per heavy atom. The minimum absolute atomic E-state index is 0.215. The molecule has 0 aliphatic carbocycles. The van der Waals surface area contributed by atoms with Crippen molar-refractivity contribution in [3.05, 3.63) is 11.9 Å². The second-order valence-corrected chi connectivity index (χ2v) is 4.97. The SMILES string of the molecule is CCCNc1cc(NC(C)C(=O)OC)nc(C(C)C)n1. The highest BCUT2D eigenvalue weighted by Gasteiger charge is 2.15. The number of ether oxygens (including phenoxy) is 1. The van der Waals surface area contributed by atoms with Crippen molar-refractivity contribution in [2.45, 2.75) is 46.1 Å². The van der Waals surface area contributed by atoms with E-state index in [1.807, 2.05) is 13.8 Å². The molecular formula is C14H24N4O2. The fourth-order valence-electron chi connectivity index (χ4n) is 1.60. The van der Waals surface area contributed by atoms with Gasteiger partial charge in [0, 0.05) is 18.5 Å². The van der Waals surface area contributed by atoms with Crippen LogP contribution in [0.1, 0.15) is 45.9 Å². The normalized spacial score (nSPS) is 12.1. The summed E-state index contributed by atoms with van der Waals surface area (Å²) in [6, 6.07) is 1.36. The van der Waals surface area contributed by atoms with E-state index in [-0.39, 0.29) is 11.9 Å². The number of aromatic nitrogens is 2. The average Bonchev–Trinajstić information content (AvgIpc) is 2.43. The van der Waals surface area contributed by atoms with Gasteiger partial charge in [-0.3, -0.25) is 0 Å². The summed E-state index contributed by atoms with van der Waals surface area (Å²) in [6.45, 7) is 8.75.